The van der Waals surface area contributed by atoms with Crippen LogP contribution in [0.15, 0.2) is 48.8 Å². The molecule has 4 nitrogen and oxygen atoms in total. The third-order valence-electron chi connectivity index (χ3n) is 2.98. The molecule has 0 spiro atoms. The minimum atomic E-state index is 0.390. The maximum Gasteiger partial charge on any atom is 0.224 e. The molecule has 0 radical (unpaired) electrons. The molecule has 0 fully saturated rings. The summed E-state index contributed by atoms with van der Waals surface area (Å²) in [5.41, 5.74) is 6.83. The molecular formula is C15H13N3O. The number of ether oxygens (including phenoxy) is 1. The Morgan fingerprint density at radius 2 is 1.79 bits per heavy atom. The summed E-state index contributed by atoms with van der Waals surface area (Å²) in [4.78, 5) is 7.90. The first-order chi connectivity index (χ1) is 9.24. The van der Waals surface area contributed by atoms with Crippen molar-refractivity contribution in [3.05, 3.63) is 54.4 Å². The first-order valence-electron chi connectivity index (χ1n) is 5.98. The van der Waals surface area contributed by atoms with Crippen LogP contribution >= 0.6 is 0 Å². The molecule has 0 saturated carbocycles. The number of anilines is 1. The van der Waals surface area contributed by atoms with E-state index < -0.39 is 0 Å². The summed E-state index contributed by atoms with van der Waals surface area (Å²) in [7, 11) is 0. The Kier molecular flexibility index (Phi) is 2.76. The lowest BCUT2D eigenvalue weighted by atomic mass is 10.1. The lowest BCUT2D eigenvalue weighted by Gasteiger charge is -2.09. The summed E-state index contributed by atoms with van der Waals surface area (Å²) < 4.78 is 5.80. The van der Waals surface area contributed by atoms with Crippen molar-refractivity contribution < 1.29 is 4.74 Å². The Bertz CT molecular complexity index is 740. The smallest absolute Gasteiger partial charge is 0.224 e. The normalized spacial score (nSPS) is 10.6. The molecule has 0 bridgehead atoms. The molecular weight excluding hydrogens is 238 g/mol. The van der Waals surface area contributed by atoms with Crippen LogP contribution in [0.5, 0.6) is 11.6 Å². The first kappa shape index (κ1) is 11.5. The van der Waals surface area contributed by atoms with E-state index in [0.29, 0.717) is 11.7 Å². The Morgan fingerprint density at radius 3 is 2.58 bits per heavy atom. The predicted octanol–water partition coefficient (Wildman–Crippen LogP) is 3.31. The van der Waals surface area contributed by atoms with Gasteiger partial charge in [0, 0.05) is 11.5 Å². The molecule has 0 atom stereocenters. The van der Waals surface area contributed by atoms with Crippen molar-refractivity contribution in [1.82, 2.24) is 9.97 Å². The number of rotatable bonds is 2. The van der Waals surface area contributed by atoms with E-state index in [2.05, 4.69) is 23.0 Å². The van der Waals surface area contributed by atoms with Crippen LogP contribution in [-0.4, -0.2) is 9.97 Å². The molecule has 0 aliphatic carbocycles. The largest absolute Gasteiger partial charge is 0.438 e. The van der Waals surface area contributed by atoms with Crippen molar-refractivity contribution in [2.24, 2.45) is 0 Å². The lowest BCUT2D eigenvalue weighted by molar-refractivity contribution is 0.467. The Morgan fingerprint density at radius 1 is 1.00 bits per heavy atom. The van der Waals surface area contributed by atoms with Gasteiger partial charge >= 0.3 is 0 Å². The van der Waals surface area contributed by atoms with E-state index in [0.717, 1.165) is 11.1 Å². The monoisotopic (exact) mass is 251 g/mol. The summed E-state index contributed by atoms with van der Waals surface area (Å²) >= 11 is 0. The molecule has 2 N–H and O–H groups in total. The topological polar surface area (TPSA) is 61.0 Å². The van der Waals surface area contributed by atoms with Crippen LogP contribution in [0.4, 0.5) is 5.82 Å². The van der Waals surface area contributed by atoms with Gasteiger partial charge in [-0.25, -0.2) is 9.97 Å². The van der Waals surface area contributed by atoms with Crippen molar-refractivity contribution in [3.8, 4) is 11.6 Å². The zero-order chi connectivity index (χ0) is 13.2. The number of fused-ring (bicyclic) bond motifs is 1. The van der Waals surface area contributed by atoms with E-state index in [-0.39, 0.29) is 0 Å². The molecule has 3 rings (SSSR count). The van der Waals surface area contributed by atoms with Gasteiger partial charge in [0.2, 0.25) is 5.88 Å². The number of hydrogen-bond donors (Lipinski definition) is 1. The second-order valence-electron chi connectivity index (χ2n) is 4.31. The summed E-state index contributed by atoms with van der Waals surface area (Å²) in [5.74, 6) is 1.60. The number of nitrogens with two attached hydrogens (primary N) is 1. The van der Waals surface area contributed by atoms with Crippen molar-refractivity contribution in [1.29, 1.82) is 0 Å². The Hall–Kier alpha value is -2.62. The minimum absolute atomic E-state index is 0.390. The third-order valence-corrected chi connectivity index (χ3v) is 2.98. The summed E-state index contributed by atoms with van der Waals surface area (Å²) in [5, 5.41) is 2.22. The maximum absolute atomic E-state index is 5.80. The average Bonchev–Trinajstić information content (AvgIpc) is 2.42. The maximum atomic E-state index is 5.80. The second kappa shape index (κ2) is 4.57. The highest BCUT2D eigenvalue weighted by molar-refractivity contribution is 5.91. The fourth-order valence-electron chi connectivity index (χ4n) is 2.03. The molecule has 4 heteroatoms. The standard InChI is InChI=1S/C15H13N3O/c1-10-6-7-13(12-5-3-2-4-11(10)12)19-15-8-14(16)17-9-18-15/h2-9H,1H3,(H2,16,17,18). The molecule has 0 amide bonds. The summed E-state index contributed by atoms with van der Waals surface area (Å²) in [6.07, 6.45) is 1.39. The van der Waals surface area contributed by atoms with Crippen LogP contribution in [0, 0.1) is 6.92 Å². The van der Waals surface area contributed by atoms with Gasteiger partial charge in [0.05, 0.1) is 0 Å². The molecule has 3 aromatic rings. The van der Waals surface area contributed by atoms with Gasteiger partial charge in [-0.05, 0) is 23.9 Å². The van der Waals surface area contributed by atoms with Gasteiger partial charge < -0.3 is 10.5 Å². The highest BCUT2D eigenvalue weighted by Gasteiger charge is 2.06. The minimum Gasteiger partial charge on any atom is -0.438 e. The van der Waals surface area contributed by atoms with E-state index in [9.17, 15) is 0 Å². The van der Waals surface area contributed by atoms with Crippen LogP contribution in [-0.2, 0) is 0 Å². The molecule has 1 heterocycles. The van der Waals surface area contributed by atoms with E-state index in [1.807, 2.05) is 30.3 Å². The third kappa shape index (κ3) is 2.20. The van der Waals surface area contributed by atoms with Crippen LogP contribution in [0.25, 0.3) is 10.8 Å². The van der Waals surface area contributed by atoms with Crippen molar-refractivity contribution >= 4 is 16.6 Å². The van der Waals surface area contributed by atoms with Gasteiger partial charge in [-0.2, -0.15) is 0 Å². The summed E-state index contributed by atoms with van der Waals surface area (Å²) in [6, 6.07) is 13.7. The van der Waals surface area contributed by atoms with E-state index in [1.54, 1.807) is 6.07 Å². The molecule has 0 aliphatic rings. The Balaban J connectivity index is 2.09. The highest BCUT2D eigenvalue weighted by Crippen LogP contribution is 2.31. The number of benzene rings is 2. The number of hydrogen-bond acceptors (Lipinski definition) is 4. The number of nitrogens with zero attached hydrogens (tertiary/aromatic N) is 2. The second-order valence-corrected chi connectivity index (χ2v) is 4.31. The van der Waals surface area contributed by atoms with E-state index in [1.165, 1.54) is 17.3 Å². The SMILES string of the molecule is Cc1ccc(Oc2cc(N)ncn2)c2ccccc12. The van der Waals surface area contributed by atoms with Gasteiger partial charge in [0.25, 0.3) is 0 Å². The molecule has 0 unspecified atom stereocenters. The average molecular weight is 251 g/mol. The van der Waals surface area contributed by atoms with Gasteiger partial charge in [0.15, 0.2) is 0 Å². The van der Waals surface area contributed by atoms with Crippen molar-refractivity contribution in [2.75, 3.05) is 5.73 Å². The highest BCUT2D eigenvalue weighted by atomic mass is 16.5. The van der Waals surface area contributed by atoms with Gasteiger partial charge in [-0.15, -0.1) is 0 Å². The molecule has 0 aliphatic heterocycles. The zero-order valence-electron chi connectivity index (χ0n) is 10.5. The zero-order valence-corrected chi connectivity index (χ0v) is 10.5. The first-order valence-corrected chi connectivity index (χ1v) is 5.98. The van der Waals surface area contributed by atoms with Gasteiger partial charge in [0.1, 0.15) is 17.9 Å². The quantitative estimate of drug-likeness (QED) is 0.759. The lowest BCUT2D eigenvalue weighted by Crippen LogP contribution is -1.94. The molecule has 0 saturated heterocycles. The van der Waals surface area contributed by atoms with Gasteiger partial charge in [-0.3, -0.25) is 0 Å². The van der Waals surface area contributed by atoms with Crippen LogP contribution in [0.2, 0.25) is 0 Å². The van der Waals surface area contributed by atoms with Crippen LogP contribution < -0.4 is 10.5 Å². The molecule has 2 aromatic carbocycles. The number of aryl methyl sites for hydroxylation is 1. The van der Waals surface area contributed by atoms with E-state index >= 15 is 0 Å². The number of nitrogen functional groups attached to an aromatic ring is 1. The van der Waals surface area contributed by atoms with Gasteiger partial charge in [-0.1, -0.05) is 30.3 Å². The molecule has 1 aromatic heterocycles. The van der Waals surface area contributed by atoms with E-state index in [4.69, 9.17) is 10.5 Å². The molecule has 94 valence electrons. The predicted molar refractivity (Wildman–Crippen MR) is 75.2 cm³/mol. The fraction of sp³-hybridized carbons (Fsp3) is 0.0667. The summed E-state index contributed by atoms with van der Waals surface area (Å²) in [6.45, 7) is 2.08. The number of aromatic nitrogens is 2. The van der Waals surface area contributed by atoms with Crippen LogP contribution in [0.1, 0.15) is 5.56 Å². The van der Waals surface area contributed by atoms with Crippen molar-refractivity contribution in [3.63, 3.8) is 0 Å². The van der Waals surface area contributed by atoms with Crippen molar-refractivity contribution in [2.45, 2.75) is 6.92 Å². The Labute approximate surface area is 110 Å². The van der Waals surface area contributed by atoms with Crippen LogP contribution in [0.3, 0.4) is 0 Å². The molecule has 19 heavy (non-hydrogen) atoms. The fourth-order valence-corrected chi connectivity index (χ4v) is 2.03.